The van der Waals surface area contributed by atoms with Crippen molar-refractivity contribution in [2.45, 2.75) is 25.8 Å². The van der Waals surface area contributed by atoms with E-state index in [2.05, 4.69) is 5.10 Å². The Hall–Kier alpha value is -2.89. The predicted octanol–water partition coefficient (Wildman–Crippen LogP) is 2.23. The number of ether oxygens (including phenoxy) is 1. The Morgan fingerprint density at radius 3 is 2.62 bits per heavy atom. The standard InChI is InChI=1S/C18H19N3O3/c1-2-15(14-8-4-3-5-9-14)17(22)24-13-12-21-18(23)20-11-7-6-10-16(20)19-21/h3-11,15H,2,12-13H2,1H3. The number of pyridine rings is 1. The molecule has 0 spiro atoms. The van der Waals surface area contributed by atoms with Crippen molar-refractivity contribution in [3.8, 4) is 0 Å². The zero-order chi connectivity index (χ0) is 16.9. The van der Waals surface area contributed by atoms with Crippen LogP contribution in [0.2, 0.25) is 0 Å². The topological polar surface area (TPSA) is 65.6 Å². The van der Waals surface area contributed by atoms with Gasteiger partial charge in [0.1, 0.15) is 6.61 Å². The molecule has 24 heavy (non-hydrogen) atoms. The van der Waals surface area contributed by atoms with Crippen molar-refractivity contribution >= 4 is 11.6 Å². The van der Waals surface area contributed by atoms with Crippen LogP contribution in [0.25, 0.3) is 5.65 Å². The second-order valence-corrected chi connectivity index (χ2v) is 5.47. The third kappa shape index (κ3) is 3.22. The lowest BCUT2D eigenvalue weighted by Gasteiger charge is -2.14. The molecular weight excluding hydrogens is 306 g/mol. The molecule has 124 valence electrons. The first-order chi connectivity index (χ1) is 11.7. The van der Waals surface area contributed by atoms with Gasteiger partial charge in [-0.15, -0.1) is 5.10 Å². The number of esters is 1. The molecule has 0 fully saturated rings. The molecule has 0 saturated carbocycles. The zero-order valence-corrected chi connectivity index (χ0v) is 13.5. The molecule has 1 atom stereocenters. The van der Waals surface area contributed by atoms with Crippen LogP contribution in [0.5, 0.6) is 0 Å². The lowest BCUT2D eigenvalue weighted by atomic mass is 9.97. The maximum Gasteiger partial charge on any atom is 0.350 e. The second-order valence-electron chi connectivity index (χ2n) is 5.47. The van der Waals surface area contributed by atoms with E-state index >= 15 is 0 Å². The average molecular weight is 325 g/mol. The van der Waals surface area contributed by atoms with Crippen molar-refractivity contribution in [3.05, 3.63) is 70.8 Å². The minimum atomic E-state index is -0.288. The molecule has 2 heterocycles. The van der Waals surface area contributed by atoms with Gasteiger partial charge in [0.2, 0.25) is 0 Å². The number of aromatic nitrogens is 3. The molecule has 0 aliphatic rings. The molecule has 2 aromatic heterocycles. The quantitative estimate of drug-likeness (QED) is 0.652. The molecule has 0 aliphatic carbocycles. The number of nitrogens with zero attached hydrogens (tertiary/aromatic N) is 3. The largest absolute Gasteiger partial charge is 0.463 e. The molecule has 3 aromatic rings. The van der Waals surface area contributed by atoms with Gasteiger partial charge in [-0.05, 0) is 24.1 Å². The summed E-state index contributed by atoms with van der Waals surface area (Å²) in [5.41, 5.74) is 1.27. The molecule has 1 aromatic carbocycles. The van der Waals surface area contributed by atoms with E-state index in [1.807, 2.05) is 43.3 Å². The summed E-state index contributed by atoms with van der Waals surface area (Å²) in [4.78, 5) is 24.4. The Bertz CT molecular complexity index is 883. The van der Waals surface area contributed by atoms with Gasteiger partial charge in [-0.3, -0.25) is 9.20 Å². The lowest BCUT2D eigenvalue weighted by Crippen LogP contribution is -2.25. The summed E-state index contributed by atoms with van der Waals surface area (Å²) in [6, 6.07) is 14.9. The SMILES string of the molecule is CCC(C(=O)OCCn1nc2ccccn2c1=O)c1ccccc1. The van der Waals surface area contributed by atoms with Crippen LogP contribution in [-0.4, -0.2) is 26.8 Å². The Morgan fingerprint density at radius 1 is 1.17 bits per heavy atom. The van der Waals surface area contributed by atoms with Crippen molar-refractivity contribution < 1.29 is 9.53 Å². The first kappa shape index (κ1) is 16.0. The molecular formula is C18H19N3O3. The van der Waals surface area contributed by atoms with E-state index in [1.165, 1.54) is 9.08 Å². The minimum Gasteiger partial charge on any atom is -0.463 e. The fraction of sp³-hybridized carbons (Fsp3) is 0.278. The van der Waals surface area contributed by atoms with Crippen LogP contribution in [0.4, 0.5) is 0 Å². The van der Waals surface area contributed by atoms with E-state index in [0.29, 0.717) is 12.1 Å². The van der Waals surface area contributed by atoms with Gasteiger partial charge in [0.15, 0.2) is 5.65 Å². The molecule has 0 N–H and O–H groups in total. The van der Waals surface area contributed by atoms with Gasteiger partial charge in [0.05, 0.1) is 12.5 Å². The monoisotopic (exact) mass is 325 g/mol. The van der Waals surface area contributed by atoms with Crippen molar-refractivity contribution in [1.29, 1.82) is 0 Å². The summed E-state index contributed by atoms with van der Waals surface area (Å²) in [5.74, 6) is -0.565. The lowest BCUT2D eigenvalue weighted by molar-refractivity contribution is -0.145. The van der Waals surface area contributed by atoms with E-state index in [-0.39, 0.29) is 30.7 Å². The third-order valence-corrected chi connectivity index (χ3v) is 3.93. The van der Waals surface area contributed by atoms with E-state index in [9.17, 15) is 9.59 Å². The number of rotatable bonds is 6. The maximum atomic E-state index is 12.3. The summed E-state index contributed by atoms with van der Waals surface area (Å²) >= 11 is 0. The smallest absolute Gasteiger partial charge is 0.350 e. The summed E-state index contributed by atoms with van der Waals surface area (Å²) < 4.78 is 8.13. The molecule has 6 nitrogen and oxygen atoms in total. The summed E-state index contributed by atoms with van der Waals surface area (Å²) in [6.45, 7) is 2.30. The third-order valence-electron chi connectivity index (χ3n) is 3.93. The van der Waals surface area contributed by atoms with E-state index in [4.69, 9.17) is 4.74 Å². The van der Waals surface area contributed by atoms with Gasteiger partial charge in [0, 0.05) is 6.20 Å². The molecule has 3 rings (SSSR count). The highest BCUT2D eigenvalue weighted by Gasteiger charge is 2.20. The molecule has 1 unspecified atom stereocenters. The number of hydrogen-bond acceptors (Lipinski definition) is 4. The Kier molecular flexibility index (Phi) is 4.74. The molecule has 0 radical (unpaired) electrons. The van der Waals surface area contributed by atoms with E-state index < -0.39 is 0 Å². The van der Waals surface area contributed by atoms with E-state index in [1.54, 1.807) is 18.3 Å². The zero-order valence-electron chi connectivity index (χ0n) is 13.5. The number of benzene rings is 1. The normalized spacial score (nSPS) is 12.2. The molecule has 0 amide bonds. The highest BCUT2D eigenvalue weighted by atomic mass is 16.5. The first-order valence-electron chi connectivity index (χ1n) is 7.96. The van der Waals surface area contributed by atoms with Crippen molar-refractivity contribution in [2.75, 3.05) is 6.61 Å². The average Bonchev–Trinajstić information content (AvgIpc) is 2.93. The van der Waals surface area contributed by atoms with Crippen LogP contribution in [0.3, 0.4) is 0 Å². The van der Waals surface area contributed by atoms with Gasteiger partial charge in [-0.1, -0.05) is 43.3 Å². The molecule has 0 bridgehead atoms. The van der Waals surface area contributed by atoms with Crippen LogP contribution < -0.4 is 5.69 Å². The number of fused-ring (bicyclic) bond motifs is 1. The van der Waals surface area contributed by atoms with Crippen LogP contribution >= 0.6 is 0 Å². The molecule has 0 aliphatic heterocycles. The van der Waals surface area contributed by atoms with Gasteiger partial charge in [-0.25, -0.2) is 9.48 Å². The van der Waals surface area contributed by atoms with Crippen molar-refractivity contribution in [2.24, 2.45) is 0 Å². The number of hydrogen-bond donors (Lipinski definition) is 0. The van der Waals surface area contributed by atoms with Crippen molar-refractivity contribution in [1.82, 2.24) is 14.2 Å². The highest BCUT2D eigenvalue weighted by Crippen LogP contribution is 2.20. The second kappa shape index (κ2) is 7.12. The van der Waals surface area contributed by atoms with Gasteiger partial charge in [-0.2, -0.15) is 0 Å². The minimum absolute atomic E-state index is 0.117. The van der Waals surface area contributed by atoms with Gasteiger partial charge in [0.25, 0.3) is 0 Å². The Labute approximate surface area is 139 Å². The van der Waals surface area contributed by atoms with Crippen LogP contribution in [0, 0.1) is 0 Å². The summed E-state index contributed by atoms with van der Waals surface area (Å²) in [5, 5.41) is 4.21. The highest BCUT2D eigenvalue weighted by molar-refractivity contribution is 5.78. The number of carbonyl (C=O) groups is 1. The van der Waals surface area contributed by atoms with Gasteiger partial charge >= 0.3 is 11.7 Å². The van der Waals surface area contributed by atoms with Gasteiger partial charge < -0.3 is 4.74 Å². The van der Waals surface area contributed by atoms with Crippen molar-refractivity contribution in [3.63, 3.8) is 0 Å². The fourth-order valence-electron chi connectivity index (χ4n) is 2.67. The van der Waals surface area contributed by atoms with Crippen LogP contribution in [-0.2, 0) is 16.1 Å². The number of carbonyl (C=O) groups excluding carboxylic acids is 1. The molecule has 0 saturated heterocycles. The predicted molar refractivity (Wildman–Crippen MR) is 89.9 cm³/mol. The Morgan fingerprint density at radius 2 is 1.92 bits per heavy atom. The molecule has 6 heteroatoms. The summed E-state index contributed by atoms with van der Waals surface area (Å²) in [6.07, 6.45) is 2.33. The first-order valence-corrected chi connectivity index (χ1v) is 7.96. The summed E-state index contributed by atoms with van der Waals surface area (Å²) in [7, 11) is 0. The van der Waals surface area contributed by atoms with Crippen LogP contribution in [0.1, 0.15) is 24.8 Å². The maximum absolute atomic E-state index is 12.3. The Balaban J connectivity index is 1.64. The fourth-order valence-corrected chi connectivity index (χ4v) is 2.67. The van der Waals surface area contributed by atoms with Crippen LogP contribution in [0.15, 0.2) is 59.5 Å². The van der Waals surface area contributed by atoms with E-state index in [0.717, 1.165) is 5.56 Å².